The van der Waals surface area contributed by atoms with Crippen molar-refractivity contribution in [3.05, 3.63) is 5.82 Å². The van der Waals surface area contributed by atoms with Gasteiger partial charge in [-0.3, -0.25) is 0 Å². The Labute approximate surface area is 94.7 Å². The molecule has 2 N–H and O–H groups in total. The van der Waals surface area contributed by atoms with Crippen molar-refractivity contribution in [1.82, 2.24) is 14.8 Å². The summed E-state index contributed by atoms with van der Waals surface area (Å²) in [6.07, 6.45) is 0.518. The van der Waals surface area contributed by atoms with Crippen molar-refractivity contribution in [2.45, 2.75) is 32.0 Å². The Kier molecular flexibility index (Phi) is 4.39. The molecule has 7 nitrogen and oxygen atoms in total. The zero-order chi connectivity index (χ0) is 12.2. The Morgan fingerprint density at radius 3 is 2.56 bits per heavy atom. The number of nitrogens with zero attached hydrogens (tertiary/aromatic N) is 3. The molecule has 0 spiro atoms. The van der Waals surface area contributed by atoms with Gasteiger partial charge in [0, 0.05) is 19.6 Å². The lowest BCUT2D eigenvalue weighted by Crippen LogP contribution is -2.19. The van der Waals surface area contributed by atoms with E-state index >= 15 is 0 Å². The molecule has 16 heavy (non-hydrogen) atoms. The minimum absolute atomic E-state index is 0.193. The van der Waals surface area contributed by atoms with Gasteiger partial charge < -0.3 is 9.30 Å². The second-order valence-corrected chi connectivity index (χ2v) is 4.59. The quantitative estimate of drug-likeness (QED) is 0.686. The summed E-state index contributed by atoms with van der Waals surface area (Å²) in [5.74, 6) is 0.569. The largest absolute Gasteiger partial charge is 0.381 e. The van der Waals surface area contributed by atoms with Crippen molar-refractivity contribution in [3.8, 4) is 0 Å². The molecule has 0 atom stereocenters. The first-order valence-electron chi connectivity index (χ1n) is 5.03. The predicted octanol–water partition coefficient (Wildman–Crippen LogP) is -0.476. The third-order valence-corrected chi connectivity index (χ3v) is 2.85. The van der Waals surface area contributed by atoms with Gasteiger partial charge in [-0.15, -0.1) is 10.2 Å². The highest BCUT2D eigenvalue weighted by molar-refractivity contribution is 7.89. The number of hydrogen-bond acceptors (Lipinski definition) is 5. The number of sulfonamides is 1. The monoisotopic (exact) mass is 248 g/mol. The van der Waals surface area contributed by atoms with E-state index in [0.29, 0.717) is 32.0 Å². The summed E-state index contributed by atoms with van der Waals surface area (Å²) >= 11 is 0. The van der Waals surface area contributed by atoms with Crippen molar-refractivity contribution in [2.75, 3.05) is 13.2 Å². The minimum atomic E-state index is -3.81. The molecule has 1 aromatic rings. The molecule has 0 saturated heterocycles. The Morgan fingerprint density at radius 1 is 1.38 bits per heavy atom. The van der Waals surface area contributed by atoms with E-state index in [0.717, 1.165) is 0 Å². The van der Waals surface area contributed by atoms with Gasteiger partial charge >= 0.3 is 0 Å². The van der Waals surface area contributed by atoms with Crippen LogP contribution < -0.4 is 5.14 Å². The molecule has 0 unspecified atom stereocenters. The lowest BCUT2D eigenvalue weighted by atomic mass is 10.4. The molecule has 0 radical (unpaired) electrons. The Hall–Kier alpha value is -0.990. The van der Waals surface area contributed by atoms with E-state index in [1.54, 1.807) is 0 Å². The van der Waals surface area contributed by atoms with E-state index in [4.69, 9.17) is 9.88 Å². The highest BCUT2D eigenvalue weighted by Crippen LogP contribution is 2.07. The molecule has 1 rings (SSSR count). The van der Waals surface area contributed by atoms with Crippen molar-refractivity contribution in [3.63, 3.8) is 0 Å². The third-order valence-electron chi connectivity index (χ3n) is 2.04. The van der Waals surface area contributed by atoms with Crippen molar-refractivity contribution < 1.29 is 13.2 Å². The summed E-state index contributed by atoms with van der Waals surface area (Å²) < 4.78 is 29.0. The topological polar surface area (TPSA) is 100 Å². The molecule has 0 fully saturated rings. The average Bonchev–Trinajstić information content (AvgIpc) is 2.60. The lowest BCUT2D eigenvalue weighted by Gasteiger charge is -2.05. The zero-order valence-electron chi connectivity index (χ0n) is 9.38. The fourth-order valence-corrected chi connectivity index (χ4v) is 2.04. The summed E-state index contributed by atoms with van der Waals surface area (Å²) in [4.78, 5) is 0. The van der Waals surface area contributed by atoms with Gasteiger partial charge in [-0.25, -0.2) is 13.6 Å². The fourth-order valence-electron chi connectivity index (χ4n) is 1.34. The van der Waals surface area contributed by atoms with Crippen LogP contribution >= 0.6 is 0 Å². The molecule has 1 aromatic heterocycles. The molecule has 0 aliphatic rings. The minimum Gasteiger partial charge on any atom is -0.381 e. The van der Waals surface area contributed by atoms with Crippen LogP contribution in [0.4, 0.5) is 0 Å². The van der Waals surface area contributed by atoms with E-state index in [9.17, 15) is 8.42 Å². The van der Waals surface area contributed by atoms with Gasteiger partial charge in [-0.1, -0.05) is 0 Å². The SMILES string of the molecule is CCOCCc1nnc(S(N)(=O)=O)n1CC. The average molecular weight is 248 g/mol. The van der Waals surface area contributed by atoms with Crippen LogP contribution in [-0.2, 0) is 27.7 Å². The lowest BCUT2D eigenvalue weighted by molar-refractivity contribution is 0.148. The Morgan fingerprint density at radius 2 is 2.06 bits per heavy atom. The summed E-state index contributed by atoms with van der Waals surface area (Å²) in [7, 11) is -3.81. The molecular formula is C8H16N4O3S. The van der Waals surface area contributed by atoms with Crippen LogP contribution in [0, 0.1) is 0 Å². The standard InChI is InChI=1S/C8H16N4O3S/c1-3-12-7(5-6-15-4-2)10-11-8(12)16(9,13)14/h3-6H2,1-2H3,(H2,9,13,14). The van der Waals surface area contributed by atoms with E-state index in [2.05, 4.69) is 10.2 Å². The van der Waals surface area contributed by atoms with Gasteiger partial charge in [0.2, 0.25) is 0 Å². The molecule has 0 amide bonds. The molecule has 0 aromatic carbocycles. The fraction of sp³-hybridized carbons (Fsp3) is 0.750. The maximum atomic E-state index is 11.2. The van der Waals surface area contributed by atoms with E-state index in [1.807, 2.05) is 13.8 Å². The molecule has 0 aliphatic carbocycles. The van der Waals surface area contributed by atoms with Gasteiger partial charge in [-0.05, 0) is 13.8 Å². The van der Waals surface area contributed by atoms with Crippen LogP contribution in [0.2, 0.25) is 0 Å². The van der Waals surface area contributed by atoms with Crippen molar-refractivity contribution in [2.24, 2.45) is 5.14 Å². The van der Waals surface area contributed by atoms with Crippen molar-refractivity contribution in [1.29, 1.82) is 0 Å². The predicted molar refractivity (Wildman–Crippen MR) is 57.3 cm³/mol. The molecule has 8 heteroatoms. The highest BCUT2D eigenvalue weighted by atomic mass is 32.2. The first-order chi connectivity index (χ1) is 7.50. The van der Waals surface area contributed by atoms with Crippen LogP contribution in [0.25, 0.3) is 0 Å². The van der Waals surface area contributed by atoms with Crippen LogP contribution in [0.1, 0.15) is 19.7 Å². The highest BCUT2D eigenvalue weighted by Gasteiger charge is 2.19. The van der Waals surface area contributed by atoms with Gasteiger partial charge in [-0.2, -0.15) is 0 Å². The van der Waals surface area contributed by atoms with Gasteiger partial charge in [0.1, 0.15) is 5.82 Å². The number of rotatable bonds is 6. The van der Waals surface area contributed by atoms with Gasteiger partial charge in [0.25, 0.3) is 15.2 Å². The molecule has 0 aliphatic heterocycles. The third kappa shape index (κ3) is 3.00. The summed E-state index contributed by atoms with van der Waals surface area (Å²) in [5, 5.41) is 12.2. The first kappa shape index (κ1) is 13.1. The summed E-state index contributed by atoms with van der Waals surface area (Å²) in [6, 6.07) is 0. The summed E-state index contributed by atoms with van der Waals surface area (Å²) in [6.45, 7) is 5.25. The van der Waals surface area contributed by atoms with Gasteiger partial charge in [0.15, 0.2) is 0 Å². The number of primary sulfonamides is 1. The number of hydrogen-bond donors (Lipinski definition) is 1. The van der Waals surface area contributed by atoms with E-state index < -0.39 is 10.0 Å². The number of ether oxygens (including phenoxy) is 1. The smallest absolute Gasteiger partial charge is 0.273 e. The molecule has 92 valence electrons. The maximum absolute atomic E-state index is 11.2. The Bertz CT molecular complexity index is 440. The number of aromatic nitrogens is 3. The van der Waals surface area contributed by atoms with E-state index in [1.165, 1.54) is 4.57 Å². The zero-order valence-corrected chi connectivity index (χ0v) is 10.2. The van der Waals surface area contributed by atoms with Crippen LogP contribution in [0.15, 0.2) is 5.16 Å². The van der Waals surface area contributed by atoms with Crippen LogP contribution in [0.5, 0.6) is 0 Å². The second-order valence-electron chi connectivity index (χ2n) is 3.13. The van der Waals surface area contributed by atoms with Crippen molar-refractivity contribution >= 4 is 10.0 Å². The van der Waals surface area contributed by atoms with Gasteiger partial charge in [0.05, 0.1) is 6.61 Å². The molecule has 0 saturated carbocycles. The first-order valence-corrected chi connectivity index (χ1v) is 6.58. The number of nitrogens with two attached hydrogens (primary N) is 1. The molecular weight excluding hydrogens is 232 g/mol. The van der Waals surface area contributed by atoms with Crippen LogP contribution in [-0.4, -0.2) is 36.4 Å². The van der Waals surface area contributed by atoms with Crippen LogP contribution in [0.3, 0.4) is 0 Å². The summed E-state index contributed by atoms with van der Waals surface area (Å²) in [5.41, 5.74) is 0. The molecule has 1 heterocycles. The van der Waals surface area contributed by atoms with E-state index in [-0.39, 0.29) is 5.16 Å². The Balaban J connectivity index is 2.91. The molecule has 0 bridgehead atoms. The normalized spacial score (nSPS) is 11.9. The maximum Gasteiger partial charge on any atom is 0.273 e. The second kappa shape index (κ2) is 5.37.